The number of benzene rings is 1. The fourth-order valence-corrected chi connectivity index (χ4v) is 1.80. The second-order valence-electron chi connectivity index (χ2n) is 4.53. The van der Waals surface area contributed by atoms with Crippen LogP contribution in [-0.2, 0) is 10.3 Å². The Bertz CT molecular complexity index is 460. The third kappa shape index (κ3) is 2.29. The van der Waals surface area contributed by atoms with Crippen molar-refractivity contribution in [1.29, 1.82) is 0 Å². The summed E-state index contributed by atoms with van der Waals surface area (Å²) < 4.78 is 26.8. The topological polar surface area (TPSA) is 55.1 Å². The maximum atomic E-state index is 13.7. The number of rotatable bonds is 4. The quantitative estimate of drug-likeness (QED) is 0.836. The number of nitrogens with one attached hydrogen (secondary N) is 1. The van der Waals surface area contributed by atoms with Crippen LogP contribution in [0.15, 0.2) is 18.2 Å². The molecule has 0 heterocycles. The van der Waals surface area contributed by atoms with Crippen LogP contribution in [0.4, 0.5) is 8.78 Å². The molecule has 0 aliphatic heterocycles. The van der Waals surface area contributed by atoms with Gasteiger partial charge in [-0.3, -0.25) is 10.1 Å². The average molecular weight is 240 g/mol. The summed E-state index contributed by atoms with van der Waals surface area (Å²) in [5.74, 6) is -1.94. The highest BCUT2D eigenvalue weighted by molar-refractivity contribution is 5.85. The summed E-state index contributed by atoms with van der Waals surface area (Å²) in [7, 11) is 0. The number of primary amides is 1. The number of amides is 1. The standard InChI is InChI=1S/C12H14F2N2O/c1-12(11(15)17,16-8-3-4-8)9-6-7(13)2-5-10(9)14/h2,5-6,8,16H,3-4H2,1H3,(H2,15,17). The van der Waals surface area contributed by atoms with E-state index in [1.54, 1.807) is 0 Å². The van der Waals surface area contributed by atoms with Crippen molar-refractivity contribution in [2.75, 3.05) is 0 Å². The minimum absolute atomic E-state index is 0.0445. The molecule has 0 saturated heterocycles. The summed E-state index contributed by atoms with van der Waals surface area (Å²) in [4.78, 5) is 11.5. The lowest BCUT2D eigenvalue weighted by Gasteiger charge is -2.28. The van der Waals surface area contributed by atoms with Gasteiger partial charge in [0, 0.05) is 11.6 Å². The number of hydrogen-bond acceptors (Lipinski definition) is 2. The molecule has 3 N–H and O–H groups in total. The maximum Gasteiger partial charge on any atom is 0.242 e. The molecule has 2 rings (SSSR count). The van der Waals surface area contributed by atoms with E-state index in [0.29, 0.717) is 0 Å². The Kier molecular flexibility index (Phi) is 2.87. The average Bonchev–Trinajstić information content (AvgIpc) is 3.05. The number of nitrogens with two attached hydrogens (primary N) is 1. The zero-order valence-corrected chi connectivity index (χ0v) is 9.47. The zero-order valence-electron chi connectivity index (χ0n) is 9.47. The van der Waals surface area contributed by atoms with Crippen molar-refractivity contribution in [2.24, 2.45) is 5.73 Å². The lowest BCUT2D eigenvalue weighted by Crippen LogP contribution is -2.51. The van der Waals surface area contributed by atoms with E-state index >= 15 is 0 Å². The van der Waals surface area contributed by atoms with Gasteiger partial charge in [-0.05, 0) is 38.0 Å². The maximum absolute atomic E-state index is 13.7. The van der Waals surface area contributed by atoms with E-state index in [1.807, 2.05) is 0 Å². The lowest BCUT2D eigenvalue weighted by molar-refractivity contribution is -0.124. The molecule has 1 fully saturated rings. The highest BCUT2D eigenvalue weighted by Gasteiger charge is 2.40. The zero-order chi connectivity index (χ0) is 12.6. The van der Waals surface area contributed by atoms with E-state index in [0.717, 1.165) is 31.0 Å². The SMILES string of the molecule is CC(NC1CC1)(C(N)=O)c1cc(F)ccc1F. The number of hydrogen-bond donors (Lipinski definition) is 2. The van der Waals surface area contributed by atoms with Crippen molar-refractivity contribution < 1.29 is 13.6 Å². The van der Waals surface area contributed by atoms with Crippen molar-refractivity contribution in [3.8, 4) is 0 Å². The molecule has 0 bridgehead atoms. The van der Waals surface area contributed by atoms with Gasteiger partial charge in [0.05, 0.1) is 0 Å². The lowest BCUT2D eigenvalue weighted by atomic mass is 9.90. The van der Waals surface area contributed by atoms with Crippen LogP contribution >= 0.6 is 0 Å². The molecule has 1 aliphatic rings. The first kappa shape index (κ1) is 12.0. The second kappa shape index (κ2) is 4.07. The monoisotopic (exact) mass is 240 g/mol. The van der Waals surface area contributed by atoms with Crippen molar-refractivity contribution in [3.63, 3.8) is 0 Å². The Morgan fingerprint density at radius 3 is 2.65 bits per heavy atom. The fraction of sp³-hybridized carbons (Fsp3) is 0.417. The van der Waals surface area contributed by atoms with Crippen LogP contribution in [0.25, 0.3) is 0 Å². The Hall–Kier alpha value is -1.49. The molecule has 3 nitrogen and oxygen atoms in total. The molecule has 1 amide bonds. The summed E-state index contributed by atoms with van der Waals surface area (Å²) >= 11 is 0. The molecule has 1 aliphatic carbocycles. The van der Waals surface area contributed by atoms with E-state index in [-0.39, 0.29) is 11.6 Å². The van der Waals surface area contributed by atoms with E-state index in [9.17, 15) is 13.6 Å². The molecule has 0 aromatic heterocycles. The van der Waals surface area contributed by atoms with Gasteiger partial charge in [-0.25, -0.2) is 8.78 Å². The smallest absolute Gasteiger partial charge is 0.242 e. The Labute approximate surface area is 98.0 Å². The van der Waals surface area contributed by atoms with Gasteiger partial charge >= 0.3 is 0 Å². The molecule has 17 heavy (non-hydrogen) atoms. The Balaban J connectivity index is 2.43. The molecule has 0 radical (unpaired) electrons. The summed E-state index contributed by atoms with van der Waals surface area (Å²) in [6.45, 7) is 1.48. The van der Waals surface area contributed by atoms with Gasteiger partial charge in [0.15, 0.2) is 0 Å². The number of carbonyl (C=O) groups excluding carboxylic acids is 1. The van der Waals surface area contributed by atoms with Gasteiger partial charge < -0.3 is 5.73 Å². The van der Waals surface area contributed by atoms with Crippen molar-refractivity contribution in [2.45, 2.75) is 31.3 Å². The first-order valence-corrected chi connectivity index (χ1v) is 5.46. The largest absolute Gasteiger partial charge is 0.368 e. The van der Waals surface area contributed by atoms with Gasteiger partial charge in [-0.15, -0.1) is 0 Å². The predicted molar refractivity (Wildman–Crippen MR) is 59.1 cm³/mol. The fourth-order valence-electron chi connectivity index (χ4n) is 1.80. The molecule has 1 aromatic carbocycles. The third-order valence-corrected chi connectivity index (χ3v) is 3.03. The van der Waals surface area contributed by atoms with E-state index in [1.165, 1.54) is 6.92 Å². The molecule has 1 unspecified atom stereocenters. The molecule has 1 aromatic rings. The number of carbonyl (C=O) groups is 1. The number of halogens is 2. The van der Waals surface area contributed by atoms with Crippen LogP contribution in [0.3, 0.4) is 0 Å². The molecule has 92 valence electrons. The van der Waals surface area contributed by atoms with Crippen LogP contribution in [0.2, 0.25) is 0 Å². The van der Waals surface area contributed by atoms with Crippen LogP contribution < -0.4 is 11.1 Å². The third-order valence-electron chi connectivity index (χ3n) is 3.03. The highest BCUT2D eigenvalue weighted by atomic mass is 19.1. The van der Waals surface area contributed by atoms with Crippen LogP contribution in [-0.4, -0.2) is 11.9 Å². The molecular formula is C12H14F2N2O. The van der Waals surface area contributed by atoms with Crippen LogP contribution in [0, 0.1) is 11.6 Å². The van der Waals surface area contributed by atoms with Crippen LogP contribution in [0.5, 0.6) is 0 Å². The molecule has 5 heteroatoms. The van der Waals surface area contributed by atoms with Gasteiger partial charge in [0.25, 0.3) is 0 Å². The van der Waals surface area contributed by atoms with Gasteiger partial charge in [-0.1, -0.05) is 0 Å². The molecule has 0 spiro atoms. The van der Waals surface area contributed by atoms with E-state index < -0.39 is 23.1 Å². The van der Waals surface area contributed by atoms with Crippen molar-refractivity contribution in [3.05, 3.63) is 35.4 Å². The summed E-state index contributed by atoms with van der Waals surface area (Å²) in [6, 6.07) is 3.17. The second-order valence-corrected chi connectivity index (χ2v) is 4.53. The molecular weight excluding hydrogens is 226 g/mol. The van der Waals surface area contributed by atoms with Gasteiger partial charge in [0.2, 0.25) is 5.91 Å². The Morgan fingerprint density at radius 2 is 2.12 bits per heavy atom. The van der Waals surface area contributed by atoms with Gasteiger partial charge in [-0.2, -0.15) is 0 Å². The van der Waals surface area contributed by atoms with Gasteiger partial charge in [0.1, 0.15) is 17.2 Å². The van der Waals surface area contributed by atoms with Crippen molar-refractivity contribution in [1.82, 2.24) is 5.32 Å². The molecule has 1 atom stereocenters. The normalized spacial score (nSPS) is 18.8. The minimum atomic E-state index is -1.37. The first-order chi connectivity index (χ1) is 7.93. The predicted octanol–water partition coefficient (Wildman–Crippen LogP) is 1.42. The van der Waals surface area contributed by atoms with E-state index in [4.69, 9.17) is 5.73 Å². The van der Waals surface area contributed by atoms with Crippen molar-refractivity contribution >= 4 is 5.91 Å². The van der Waals surface area contributed by atoms with E-state index in [2.05, 4.69) is 5.32 Å². The Morgan fingerprint density at radius 1 is 1.47 bits per heavy atom. The molecule has 1 saturated carbocycles. The highest BCUT2D eigenvalue weighted by Crippen LogP contribution is 2.30. The van der Waals surface area contributed by atoms with Crippen LogP contribution in [0.1, 0.15) is 25.3 Å². The minimum Gasteiger partial charge on any atom is -0.368 e. The summed E-state index contributed by atoms with van der Waals surface area (Å²) in [5.41, 5.74) is 3.90. The summed E-state index contributed by atoms with van der Waals surface area (Å²) in [5, 5.41) is 2.97. The first-order valence-electron chi connectivity index (χ1n) is 5.46. The summed E-state index contributed by atoms with van der Waals surface area (Å²) in [6.07, 6.45) is 1.83.